The molecule has 0 spiro atoms. The molecule has 2 N–H and O–H groups in total. The second-order valence-corrected chi connectivity index (χ2v) is 8.93. The zero-order valence-corrected chi connectivity index (χ0v) is 15.8. The molecular formula is C18H23N5O3S. The highest BCUT2D eigenvalue weighted by atomic mass is 32.2. The number of hydrogen-bond donors (Lipinski definition) is 2. The maximum absolute atomic E-state index is 12.7. The summed E-state index contributed by atoms with van der Waals surface area (Å²) >= 11 is 0. The van der Waals surface area contributed by atoms with E-state index in [1.165, 1.54) is 17.3 Å². The summed E-state index contributed by atoms with van der Waals surface area (Å²) in [5, 5.41) is 6.91. The number of nitrogens with one attached hydrogen (secondary N) is 2. The molecule has 2 aliphatic carbocycles. The first-order valence-electron chi connectivity index (χ1n) is 9.28. The number of benzene rings is 1. The fraction of sp³-hybridized carbons (Fsp3) is 0.500. The third-order valence-corrected chi connectivity index (χ3v) is 6.81. The summed E-state index contributed by atoms with van der Waals surface area (Å²) in [6.45, 7) is 0.0903. The Bertz CT molecular complexity index is 920. The number of carbonyl (C=O) groups is 1. The van der Waals surface area contributed by atoms with Crippen LogP contribution in [0.2, 0.25) is 0 Å². The van der Waals surface area contributed by atoms with Crippen molar-refractivity contribution in [2.24, 2.45) is 0 Å². The Balaban J connectivity index is 1.49. The van der Waals surface area contributed by atoms with Gasteiger partial charge in [-0.05, 0) is 48.9 Å². The summed E-state index contributed by atoms with van der Waals surface area (Å²) in [7, 11) is -3.54. The number of carbonyl (C=O) groups excluding carboxylic acids is 1. The van der Waals surface area contributed by atoms with Gasteiger partial charge in [0, 0.05) is 6.04 Å². The second kappa shape index (κ2) is 7.40. The highest BCUT2D eigenvalue weighted by molar-refractivity contribution is 7.89. The number of nitrogens with zero attached hydrogens (tertiary/aromatic N) is 3. The van der Waals surface area contributed by atoms with E-state index >= 15 is 0 Å². The minimum Gasteiger partial charge on any atom is -0.348 e. The molecule has 2 aliphatic rings. The molecule has 1 atom stereocenters. The van der Waals surface area contributed by atoms with Gasteiger partial charge in [-0.25, -0.2) is 22.8 Å². The van der Waals surface area contributed by atoms with Crippen LogP contribution >= 0.6 is 0 Å². The van der Waals surface area contributed by atoms with Crippen molar-refractivity contribution in [2.75, 3.05) is 0 Å². The Labute approximate surface area is 158 Å². The maximum Gasteiger partial charge on any atom is 0.242 e. The number of aromatic nitrogens is 3. The molecule has 0 bridgehead atoms. The zero-order chi connectivity index (χ0) is 18.9. The van der Waals surface area contributed by atoms with Crippen molar-refractivity contribution in [3.63, 3.8) is 0 Å². The van der Waals surface area contributed by atoms with Gasteiger partial charge in [0.25, 0.3) is 0 Å². The monoisotopic (exact) mass is 389 g/mol. The fourth-order valence-corrected chi connectivity index (χ4v) is 5.27. The minimum atomic E-state index is -3.54. The highest BCUT2D eigenvalue weighted by Crippen LogP contribution is 2.33. The van der Waals surface area contributed by atoms with Crippen molar-refractivity contribution < 1.29 is 13.2 Å². The lowest BCUT2D eigenvalue weighted by Crippen LogP contribution is -2.33. The van der Waals surface area contributed by atoms with Gasteiger partial charge in [-0.2, -0.15) is 5.10 Å². The summed E-state index contributed by atoms with van der Waals surface area (Å²) in [6, 6.07) is 5.08. The van der Waals surface area contributed by atoms with Crippen LogP contribution in [-0.4, -0.2) is 35.1 Å². The Morgan fingerprint density at radius 3 is 2.78 bits per heavy atom. The van der Waals surface area contributed by atoms with E-state index in [0.717, 1.165) is 49.7 Å². The summed E-state index contributed by atoms with van der Waals surface area (Å²) < 4.78 is 29.7. The molecule has 8 nitrogen and oxygen atoms in total. The molecular weight excluding hydrogens is 366 g/mol. The Hall–Kier alpha value is -2.26. The number of aryl methyl sites for hydroxylation is 1. The number of rotatable bonds is 6. The van der Waals surface area contributed by atoms with E-state index in [4.69, 9.17) is 0 Å². The molecule has 144 valence electrons. The molecule has 1 saturated carbocycles. The minimum absolute atomic E-state index is 0.0291. The van der Waals surface area contributed by atoms with E-state index in [1.54, 1.807) is 12.1 Å². The summed E-state index contributed by atoms with van der Waals surface area (Å²) in [5.41, 5.74) is 1.97. The topological polar surface area (TPSA) is 106 Å². The van der Waals surface area contributed by atoms with Crippen LogP contribution in [0.5, 0.6) is 0 Å². The quantitative estimate of drug-likeness (QED) is 0.775. The van der Waals surface area contributed by atoms with E-state index in [1.807, 2.05) is 6.07 Å². The lowest BCUT2D eigenvalue weighted by atomic mass is 10.1. The van der Waals surface area contributed by atoms with Crippen LogP contribution < -0.4 is 10.0 Å². The lowest BCUT2D eigenvalue weighted by Gasteiger charge is -2.16. The van der Waals surface area contributed by atoms with Crippen LogP contribution in [0.3, 0.4) is 0 Å². The van der Waals surface area contributed by atoms with Gasteiger partial charge in [0.05, 0.1) is 10.9 Å². The Kier molecular flexibility index (Phi) is 4.96. The first-order chi connectivity index (χ1) is 13.0. The van der Waals surface area contributed by atoms with Crippen LogP contribution in [0, 0.1) is 0 Å². The Morgan fingerprint density at radius 1 is 1.22 bits per heavy atom. The molecule has 1 aromatic heterocycles. The van der Waals surface area contributed by atoms with Gasteiger partial charge in [-0.3, -0.25) is 4.79 Å². The third-order valence-electron chi connectivity index (χ3n) is 5.29. The molecule has 2 aromatic rings. The van der Waals surface area contributed by atoms with Crippen molar-refractivity contribution >= 4 is 15.9 Å². The van der Waals surface area contributed by atoms with Crippen LogP contribution in [0.15, 0.2) is 35.7 Å². The van der Waals surface area contributed by atoms with E-state index < -0.39 is 10.0 Å². The first kappa shape index (κ1) is 18.1. The van der Waals surface area contributed by atoms with Crippen molar-refractivity contribution in [1.82, 2.24) is 24.8 Å². The highest BCUT2D eigenvalue weighted by Gasteiger charge is 2.28. The molecule has 0 saturated heterocycles. The molecule has 1 heterocycles. The summed E-state index contributed by atoms with van der Waals surface area (Å²) in [5.74, 6) is -0.171. The Morgan fingerprint density at radius 2 is 2.04 bits per heavy atom. The van der Waals surface area contributed by atoms with Gasteiger partial charge in [0.1, 0.15) is 19.2 Å². The largest absolute Gasteiger partial charge is 0.348 e. The van der Waals surface area contributed by atoms with Gasteiger partial charge in [-0.1, -0.05) is 18.9 Å². The number of amides is 1. The zero-order valence-electron chi connectivity index (χ0n) is 15.0. The molecule has 0 aliphatic heterocycles. The number of sulfonamides is 1. The van der Waals surface area contributed by atoms with Gasteiger partial charge in [-0.15, -0.1) is 0 Å². The third kappa shape index (κ3) is 4.03. The fourth-order valence-electron chi connectivity index (χ4n) is 3.93. The van der Waals surface area contributed by atoms with Gasteiger partial charge in [0.15, 0.2) is 0 Å². The van der Waals surface area contributed by atoms with Crippen molar-refractivity contribution in [3.05, 3.63) is 42.0 Å². The smallest absolute Gasteiger partial charge is 0.242 e. The average Bonchev–Trinajstić information content (AvgIpc) is 3.37. The molecule has 4 rings (SSSR count). The van der Waals surface area contributed by atoms with Gasteiger partial charge >= 0.3 is 0 Å². The van der Waals surface area contributed by atoms with E-state index in [0.29, 0.717) is 0 Å². The summed E-state index contributed by atoms with van der Waals surface area (Å²) in [6.07, 6.45) is 8.37. The van der Waals surface area contributed by atoms with E-state index in [9.17, 15) is 13.2 Å². The average molecular weight is 389 g/mol. The van der Waals surface area contributed by atoms with Crippen molar-refractivity contribution in [2.45, 2.75) is 62.0 Å². The molecule has 9 heteroatoms. The summed E-state index contributed by atoms with van der Waals surface area (Å²) in [4.78, 5) is 16.3. The normalized spacial score (nSPS) is 19.9. The number of hydrogen-bond acceptors (Lipinski definition) is 5. The van der Waals surface area contributed by atoms with Crippen LogP contribution in [0.25, 0.3) is 0 Å². The SMILES string of the molecule is O=C(Cn1cncn1)N[C@@H]1CCc2ccc(S(=O)(=O)NC3CCCC3)cc21. The van der Waals surface area contributed by atoms with Gasteiger partial charge in [0.2, 0.25) is 15.9 Å². The predicted molar refractivity (Wildman–Crippen MR) is 98.2 cm³/mol. The predicted octanol–water partition coefficient (Wildman–Crippen LogP) is 1.30. The van der Waals surface area contributed by atoms with Gasteiger partial charge < -0.3 is 5.32 Å². The molecule has 0 unspecified atom stereocenters. The van der Waals surface area contributed by atoms with Crippen LogP contribution in [0.4, 0.5) is 0 Å². The molecule has 1 fully saturated rings. The maximum atomic E-state index is 12.7. The number of fused-ring (bicyclic) bond motifs is 1. The first-order valence-corrected chi connectivity index (χ1v) is 10.8. The molecule has 1 amide bonds. The van der Waals surface area contributed by atoms with E-state index in [2.05, 4.69) is 20.1 Å². The standard InChI is InChI=1S/C18H23N5O3S/c24-18(10-23-12-19-11-20-23)21-17-8-6-13-5-7-15(9-16(13)17)27(25,26)22-14-3-1-2-4-14/h5,7,9,11-12,14,17,22H,1-4,6,8,10H2,(H,21,24)/t17-/m1/s1. The molecule has 27 heavy (non-hydrogen) atoms. The van der Waals surface area contributed by atoms with Crippen molar-refractivity contribution in [1.29, 1.82) is 0 Å². The van der Waals surface area contributed by atoms with Crippen molar-refractivity contribution in [3.8, 4) is 0 Å². The molecule has 0 radical (unpaired) electrons. The van der Waals surface area contributed by atoms with Crippen LogP contribution in [-0.2, 0) is 27.8 Å². The lowest BCUT2D eigenvalue weighted by molar-refractivity contribution is -0.122. The second-order valence-electron chi connectivity index (χ2n) is 7.22. The molecule has 1 aromatic carbocycles. The van der Waals surface area contributed by atoms with Crippen LogP contribution in [0.1, 0.15) is 49.3 Å². The van der Waals surface area contributed by atoms with E-state index in [-0.39, 0.29) is 29.4 Å².